The van der Waals surface area contributed by atoms with Gasteiger partial charge in [-0.25, -0.2) is 0 Å². The zero-order chi connectivity index (χ0) is 28.0. The quantitative estimate of drug-likeness (QED) is 0.207. The average Bonchev–Trinajstić information content (AvgIpc) is 2.53. The summed E-state index contributed by atoms with van der Waals surface area (Å²) in [6, 6.07) is 0. The maximum atomic E-state index is 10.4. The first-order valence-electron chi connectivity index (χ1n) is 8.57. The van der Waals surface area contributed by atoms with Crippen LogP contribution in [0.25, 0.3) is 0 Å². The van der Waals surface area contributed by atoms with E-state index in [2.05, 4.69) is 9.47 Å². The molecule has 35 heavy (non-hydrogen) atoms. The molecule has 0 fully saturated rings. The van der Waals surface area contributed by atoms with Crippen molar-refractivity contribution in [3.05, 3.63) is 0 Å². The fourth-order valence-corrected chi connectivity index (χ4v) is 1.28. The summed E-state index contributed by atoms with van der Waals surface area (Å²) in [6.45, 7) is 7.83. The molecule has 0 bridgehead atoms. The number of thioether (sulfide) groups is 2. The van der Waals surface area contributed by atoms with Crippen LogP contribution in [0, 0.1) is 0 Å². The van der Waals surface area contributed by atoms with E-state index >= 15 is 0 Å². The molecule has 0 amide bonds. The Labute approximate surface area is 236 Å². The number of carboxylic acids is 3. The van der Waals surface area contributed by atoms with Crippen molar-refractivity contribution in [1.82, 2.24) is 0 Å². The van der Waals surface area contributed by atoms with E-state index in [4.69, 9.17) is 29.7 Å². The van der Waals surface area contributed by atoms with Crippen LogP contribution in [-0.2, 0) is 72.4 Å². The molecule has 218 valence electrons. The van der Waals surface area contributed by atoms with Crippen molar-refractivity contribution < 1.29 is 105 Å². The number of carbonyl (C=O) groups is 5. The van der Waals surface area contributed by atoms with Crippen molar-refractivity contribution in [2.75, 3.05) is 37.2 Å². The number of hydrogen-bond acceptors (Lipinski definition) is 9. The summed E-state index contributed by atoms with van der Waals surface area (Å²) < 4.78 is 48.2. The van der Waals surface area contributed by atoms with Crippen molar-refractivity contribution in [2.45, 2.75) is 34.6 Å². The van der Waals surface area contributed by atoms with Gasteiger partial charge < -0.3 is 42.1 Å². The van der Waals surface area contributed by atoms with E-state index in [0.717, 1.165) is 20.8 Å². The Balaban J connectivity index is -0.0000000424. The molecule has 0 heterocycles. The predicted molar refractivity (Wildman–Crippen MR) is 120 cm³/mol. The number of carboxylic acid groups (broad SMARTS) is 3. The summed E-state index contributed by atoms with van der Waals surface area (Å²) in [4.78, 5) is 47.8. The summed E-state index contributed by atoms with van der Waals surface area (Å²) in [5.74, 6) is -1.82. The molecule has 0 unspecified atom stereocenters. The molecule has 3 N–H and O–H groups in total. The van der Waals surface area contributed by atoms with E-state index in [1.807, 2.05) is 12.5 Å². The van der Waals surface area contributed by atoms with Gasteiger partial charge in [-0.3, -0.25) is 24.0 Å². The van der Waals surface area contributed by atoms with Gasteiger partial charge in [0.15, 0.2) is 0 Å². The molecule has 2 radical (unpaired) electrons. The van der Waals surface area contributed by atoms with E-state index in [1.54, 1.807) is 13.8 Å². The molecule has 0 aliphatic carbocycles. The minimum absolute atomic E-state index is 0. The van der Waals surface area contributed by atoms with Crippen LogP contribution in [0.2, 0.25) is 0 Å². The molecular weight excluding hydrogens is 709 g/mol. The van der Waals surface area contributed by atoms with Gasteiger partial charge in [-0.1, -0.05) is 0 Å². The third-order valence-electron chi connectivity index (χ3n) is 1.14. The van der Waals surface area contributed by atoms with E-state index in [9.17, 15) is 26.9 Å². The van der Waals surface area contributed by atoms with Gasteiger partial charge in [0.2, 0.25) is 0 Å². The van der Waals surface area contributed by atoms with Gasteiger partial charge in [0, 0.05) is 59.7 Å². The fourth-order valence-electron chi connectivity index (χ4n) is 0.641. The summed E-state index contributed by atoms with van der Waals surface area (Å²) in [6.07, 6.45) is 3.74. The van der Waals surface area contributed by atoms with E-state index in [0.29, 0.717) is 24.7 Å². The molecule has 0 saturated carbocycles. The zero-order valence-corrected chi connectivity index (χ0v) is 25.0. The first kappa shape index (κ1) is 54.8. The maximum absolute atomic E-state index is 10.4. The van der Waals surface area contributed by atoms with E-state index < -0.39 is 25.2 Å². The Kier molecular flexibility index (Phi) is 67.6. The van der Waals surface area contributed by atoms with Gasteiger partial charge in [-0.2, -0.15) is 23.5 Å². The number of halogens is 4. The van der Waals surface area contributed by atoms with Crippen LogP contribution >= 0.6 is 23.5 Å². The number of rotatable bonds is 6. The Morgan fingerprint density at radius 1 is 0.657 bits per heavy atom. The summed E-state index contributed by atoms with van der Waals surface area (Å²) >= 11 is 2.95. The molecule has 0 atom stereocenters. The van der Waals surface area contributed by atoms with Crippen LogP contribution in [0.3, 0.4) is 0 Å². The summed E-state index contributed by atoms with van der Waals surface area (Å²) in [7, 11) is -6.00. The van der Waals surface area contributed by atoms with Crippen molar-refractivity contribution in [3.63, 3.8) is 0 Å². The summed E-state index contributed by atoms with van der Waals surface area (Å²) in [5.41, 5.74) is 0. The number of carbonyl (C=O) groups excluding carboxylic acids is 2. The monoisotopic (exact) mass is 741 g/mol. The van der Waals surface area contributed by atoms with Crippen molar-refractivity contribution >= 4 is 60.6 Å². The molecule has 0 aromatic rings. The SMILES string of the molecule is CC(=O)O.CC(=O)O.CC(=O)O.CCOC(=O)CSC.CCOC(=O)CSC.F[B-](F)(F)F.[Rh].[Rh]. The molecule has 10 nitrogen and oxygen atoms in total. The molecule has 0 rings (SSSR count). The fraction of sp³-hybridized carbons (Fsp3) is 0.688. The number of hydrogen-bond donors (Lipinski definition) is 3. The average molecular weight is 741 g/mol. The van der Waals surface area contributed by atoms with E-state index in [-0.39, 0.29) is 50.9 Å². The van der Waals surface area contributed by atoms with E-state index in [1.165, 1.54) is 23.5 Å². The Hall–Kier alpha value is -0.918. The van der Waals surface area contributed by atoms with Gasteiger partial charge in [0.25, 0.3) is 17.9 Å². The van der Waals surface area contributed by atoms with Crippen LogP contribution in [0.5, 0.6) is 0 Å². The third kappa shape index (κ3) is 260. The minimum Gasteiger partial charge on any atom is -0.481 e. The van der Waals surface area contributed by atoms with Gasteiger partial charge in [0.1, 0.15) is 0 Å². The molecule has 0 aromatic carbocycles. The molecule has 0 saturated heterocycles. The van der Waals surface area contributed by atoms with Crippen LogP contribution in [0.4, 0.5) is 17.3 Å². The topological polar surface area (TPSA) is 164 Å². The van der Waals surface area contributed by atoms with Crippen LogP contribution in [0.1, 0.15) is 34.6 Å². The maximum Gasteiger partial charge on any atom is 0.673 e. The largest absolute Gasteiger partial charge is 0.673 e. The molecule has 19 heteroatoms. The second kappa shape index (κ2) is 43.2. The molecular formula is C16H32BF4O10Rh2S2-. The van der Waals surface area contributed by atoms with Crippen LogP contribution < -0.4 is 0 Å². The van der Waals surface area contributed by atoms with Gasteiger partial charge in [-0.15, -0.1) is 0 Å². The number of ether oxygens (including phenoxy) is 2. The molecule has 0 aromatic heterocycles. The minimum atomic E-state index is -6.00. The summed E-state index contributed by atoms with van der Waals surface area (Å²) in [5, 5.41) is 22.2. The Morgan fingerprint density at radius 2 is 0.800 bits per heavy atom. The van der Waals surface area contributed by atoms with Crippen molar-refractivity contribution in [3.8, 4) is 0 Å². The Bertz CT molecular complexity index is 439. The normalized spacial score (nSPS) is 7.86. The standard InChI is InChI=1S/2C5H10O2S.3C2H4O2.BF4.2Rh/c2*1-3-7-5(6)4-8-2;3*1-2(3)4;2-1(3,4)5;;/h2*3-4H2,1-2H3;3*1H3,(H,3,4);;;/q;;;;;-1;;. The Morgan fingerprint density at radius 3 is 0.886 bits per heavy atom. The molecule has 0 spiro atoms. The van der Waals surface area contributed by atoms with Crippen molar-refractivity contribution in [2.24, 2.45) is 0 Å². The zero-order valence-electron chi connectivity index (χ0n) is 20.1. The second-order valence-electron chi connectivity index (χ2n) is 4.53. The van der Waals surface area contributed by atoms with Gasteiger partial charge in [0.05, 0.1) is 24.7 Å². The number of esters is 2. The van der Waals surface area contributed by atoms with Crippen LogP contribution in [-0.4, -0.2) is 89.7 Å². The van der Waals surface area contributed by atoms with Crippen LogP contribution in [0.15, 0.2) is 0 Å². The first-order valence-corrected chi connectivity index (χ1v) is 11.4. The van der Waals surface area contributed by atoms with Gasteiger partial charge >= 0.3 is 19.2 Å². The van der Waals surface area contributed by atoms with Crippen molar-refractivity contribution in [1.29, 1.82) is 0 Å². The predicted octanol–water partition coefficient (Wildman–Crippen LogP) is 3.39. The first-order chi connectivity index (χ1) is 14.8. The third-order valence-corrected chi connectivity index (χ3v) is 2.18. The number of aliphatic carboxylic acids is 3. The molecule has 0 aliphatic rings. The molecule has 0 aliphatic heterocycles. The smallest absolute Gasteiger partial charge is 0.481 e. The second-order valence-corrected chi connectivity index (χ2v) is 6.26. The van der Waals surface area contributed by atoms with Gasteiger partial charge in [-0.05, 0) is 26.4 Å².